The van der Waals surface area contributed by atoms with Gasteiger partial charge in [-0.25, -0.2) is 0 Å². The molecule has 0 spiro atoms. The Morgan fingerprint density at radius 1 is 0.833 bits per heavy atom. The fraction of sp³-hybridized carbons (Fsp3) is 0.130. The van der Waals surface area contributed by atoms with Gasteiger partial charge < -0.3 is 25.2 Å². The van der Waals surface area contributed by atoms with Crippen LogP contribution in [0.25, 0.3) is 0 Å². The summed E-state index contributed by atoms with van der Waals surface area (Å²) < 4.78 is 10.9. The molecule has 7 nitrogen and oxygen atoms in total. The summed E-state index contributed by atoms with van der Waals surface area (Å²) in [5, 5.41) is 14.7. The van der Waals surface area contributed by atoms with E-state index in [1.165, 1.54) is 24.3 Å². The summed E-state index contributed by atoms with van der Waals surface area (Å²) in [6.45, 7) is 0.199. The summed E-state index contributed by atoms with van der Waals surface area (Å²) in [6, 6.07) is 20.1. The zero-order chi connectivity index (χ0) is 21.3. The molecule has 3 N–H and O–H groups in total. The molecule has 2 amide bonds. The fourth-order valence-electron chi connectivity index (χ4n) is 2.61. The number of nitrogens with one attached hydrogen (secondary N) is 2. The molecular formula is C23H22N2O5. The zero-order valence-corrected chi connectivity index (χ0v) is 16.4. The van der Waals surface area contributed by atoms with Crippen LogP contribution in [0.3, 0.4) is 0 Å². The Morgan fingerprint density at radius 2 is 1.40 bits per heavy atom. The first-order valence-electron chi connectivity index (χ1n) is 9.32. The number of aromatic hydroxyl groups is 1. The van der Waals surface area contributed by atoms with Gasteiger partial charge in [0.05, 0.1) is 7.11 Å². The van der Waals surface area contributed by atoms with E-state index in [0.717, 1.165) is 5.75 Å². The van der Waals surface area contributed by atoms with E-state index in [1.807, 2.05) is 12.1 Å². The topological polar surface area (TPSA) is 96.9 Å². The molecule has 0 fully saturated rings. The van der Waals surface area contributed by atoms with Crippen LogP contribution in [0.2, 0.25) is 0 Å². The molecule has 0 aliphatic heterocycles. The number of benzene rings is 3. The summed E-state index contributed by atoms with van der Waals surface area (Å²) in [7, 11) is 1.60. The second-order valence-electron chi connectivity index (χ2n) is 6.40. The SMILES string of the molecule is COc1ccc(Oc2ccc(NC(=O)CCNC(=O)c3ccc(O)cc3)cc2)cc1. The Hall–Kier alpha value is -4.00. The standard InChI is InChI=1S/C23H22N2O5/c1-29-19-10-12-21(13-11-19)30-20-8-4-17(5-9-20)25-22(27)14-15-24-23(28)16-2-6-18(26)7-3-16/h2-13,26H,14-15H2,1H3,(H,24,28)(H,25,27). The molecule has 0 aliphatic carbocycles. The van der Waals surface area contributed by atoms with Gasteiger partial charge in [-0.3, -0.25) is 9.59 Å². The minimum Gasteiger partial charge on any atom is -0.508 e. The molecule has 0 aromatic heterocycles. The fourth-order valence-corrected chi connectivity index (χ4v) is 2.61. The van der Waals surface area contributed by atoms with Crippen molar-refractivity contribution in [1.29, 1.82) is 0 Å². The van der Waals surface area contributed by atoms with E-state index in [-0.39, 0.29) is 30.5 Å². The molecule has 0 bridgehead atoms. The average molecular weight is 406 g/mol. The molecule has 0 unspecified atom stereocenters. The van der Waals surface area contributed by atoms with Crippen LogP contribution < -0.4 is 20.1 Å². The summed E-state index contributed by atoms with van der Waals surface area (Å²) in [5.74, 6) is 1.63. The summed E-state index contributed by atoms with van der Waals surface area (Å²) in [6.07, 6.45) is 0.133. The van der Waals surface area contributed by atoms with E-state index in [4.69, 9.17) is 9.47 Å². The van der Waals surface area contributed by atoms with Crippen LogP contribution in [0, 0.1) is 0 Å². The maximum Gasteiger partial charge on any atom is 0.251 e. The largest absolute Gasteiger partial charge is 0.508 e. The number of hydrogen-bond donors (Lipinski definition) is 3. The van der Waals surface area contributed by atoms with Gasteiger partial charge in [0.25, 0.3) is 5.91 Å². The first kappa shape index (κ1) is 20.7. The molecule has 3 rings (SSSR count). The van der Waals surface area contributed by atoms with Gasteiger partial charge in [0, 0.05) is 24.2 Å². The van der Waals surface area contributed by atoms with Crippen LogP contribution in [0.1, 0.15) is 16.8 Å². The number of carbonyl (C=O) groups excluding carboxylic acids is 2. The normalized spacial score (nSPS) is 10.2. The monoisotopic (exact) mass is 406 g/mol. The molecule has 154 valence electrons. The maximum absolute atomic E-state index is 12.1. The molecule has 0 saturated heterocycles. The van der Waals surface area contributed by atoms with Crippen molar-refractivity contribution in [3.8, 4) is 23.0 Å². The molecule has 0 aliphatic rings. The molecule has 0 radical (unpaired) electrons. The highest BCUT2D eigenvalue weighted by atomic mass is 16.5. The zero-order valence-electron chi connectivity index (χ0n) is 16.4. The smallest absolute Gasteiger partial charge is 0.251 e. The molecule has 0 atom stereocenters. The number of amides is 2. The number of methoxy groups -OCH3 is 1. The average Bonchev–Trinajstić information content (AvgIpc) is 2.76. The lowest BCUT2D eigenvalue weighted by molar-refractivity contribution is -0.116. The first-order chi connectivity index (χ1) is 14.5. The van der Waals surface area contributed by atoms with Gasteiger partial charge in [0.1, 0.15) is 23.0 Å². The molecular weight excluding hydrogens is 384 g/mol. The Morgan fingerprint density at radius 3 is 2.00 bits per heavy atom. The predicted octanol–water partition coefficient (Wildman–Crippen LogP) is 3.95. The van der Waals surface area contributed by atoms with E-state index in [0.29, 0.717) is 22.7 Å². The van der Waals surface area contributed by atoms with Crippen molar-refractivity contribution in [2.75, 3.05) is 19.0 Å². The van der Waals surface area contributed by atoms with Gasteiger partial charge in [-0.05, 0) is 72.8 Å². The first-order valence-corrected chi connectivity index (χ1v) is 9.32. The second kappa shape index (κ2) is 9.97. The lowest BCUT2D eigenvalue weighted by Gasteiger charge is -2.09. The van der Waals surface area contributed by atoms with Crippen LogP contribution in [-0.4, -0.2) is 30.6 Å². The van der Waals surface area contributed by atoms with Crippen LogP contribution in [0.4, 0.5) is 5.69 Å². The van der Waals surface area contributed by atoms with E-state index >= 15 is 0 Å². The molecule has 30 heavy (non-hydrogen) atoms. The Bertz CT molecular complexity index is 984. The van der Waals surface area contributed by atoms with E-state index in [9.17, 15) is 14.7 Å². The second-order valence-corrected chi connectivity index (χ2v) is 6.40. The number of ether oxygens (including phenoxy) is 2. The van der Waals surface area contributed by atoms with E-state index < -0.39 is 0 Å². The van der Waals surface area contributed by atoms with Crippen molar-refractivity contribution >= 4 is 17.5 Å². The number of phenols is 1. The number of phenolic OH excluding ortho intramolecular Hbond substituents is 1. The highest BCUT2D eigenvalue weighted by Gasteiger charge is 2.07. The van der Waals surface area contributed by atoms with Crippen molar-refractivity contribution in [1.82, 2.24) is 5.32 Å². The van der Waals surface area contributed by atoms with Crippen molar-refractivity contribution in [2.45, 2.75) is 6.42 Å². The summed E-state index contributed by atoms with van der Waals surface area (Å²) in [5.41, 5.74) is 1.05. The van der Waals surface area contributed by atoms with Crippen LogP contribution in [-0.2, 0) is 4.79 Å². The van der Waals surface area contributed by atoms with Crippen LogP contribution in [0.5, 0.6) is 23.0 Å². The van der Waals surface area contributed by atoms with E-state index in [2.05, 4.69) is 10.6 Å². The van der Waals surface area contributed by atoms with Crippen molar-refractivity contribution in [2.24, 2.45) is 0 Å². The molecule has 0 heterocycles. The predicted molar refractivity (Wildman–Crippen MR) is 113 cm³/mol. The van der Waals surface area contributed by atoms with Gasteiger partial charge >= 0.3 is 0 Å². The third-order valence-electron chi connectivity index (χ3n) is 4.20. The van der Waals surface area contributed by atoms with Gasteiger partial charge in [-0.15, -0.1) is 0 Å². The third-order valence-corrected chi connectivity index (χ3v) is 4.20. The minimum atomic E-state index is -0.303. The Kier molecular flexibility index (Phi) is 6.89. The van der Waals surface area contributed by atoms with Crippen molar-refractivity contribution in [3.63, 3.8) is 0 Å². The molecule has 3 aromatic rings. The highest BCUT2D eigenvalue weighted by molar-refractivity contribution is 5.95. The lowest BCUT2D eigenvalue weighted by Crippen LogP contribution is -2.27. The van der Waals surface area contributed by atoms with Gasteiger partial charge in [-0.1, -0.05) is 0 Å². The minimum absolute atomic E-state index is 0.0892. The Labute approximate surface area is 174 Å². The third kappa shape index (κ3) is 6.00. The number of anilines is 1. The molecule has 3 aromatic carbocycles. The summed E-state index contributed by atoms with van der Waals surface area (Å²) in [4.78, 5) is 24.0. The van der Waals surface area contributed by atoms with E-state index in [1.54, 1.807) is 43.5 Å². The summed E-state index contributed by atoms with van der Waals surface area (Å²) >= 11 is 0. The molecule has 7 heteroatoms. The van der Waals surface area contributed by atoms with Crippen molar-refractivity contribution < 1.29 is 24.2 Å². The van der Waals surface area contributed by atoms with Crippen LogP contribution >= 0.6 is 0 Å². The number of carbonyl (C=O) groups is 2. The highest BCUT2D eigenvalue weighted by Crippen LogP contribution is 2.25. The maximum atomic E-state index is 12.1. The quantitative estimate of drug-likeness (QED) is 0.526. The molecule has 0 saturated carbocycles. The van der Waals surface area contributed by atoms with Gasteiger partial charge in [-0.2, -0.15) is 0 Å². The van der Waals surface area contributed by atoms with Crippen LogP contribution in [0.15, 0.2) is 72.8 Å². The Balaban J connectivity index is 1.43. The lowest BCUT2D eigenvalue weighted by atomic mass is 10.2. The van der Waals surface area contributed by atoms with Gasteiger partial charge in [0.2, 0.25) is 5.91 Å². The number of hydrogen-bond acceptors (Lipinski definition) is 5. The number of rotatable bonds is 8. The van der Waals surface area contributed by atoms with Gasteiger partial charge in [0.15, 0.2) is 0 Å². The van der Waals surface area contributed by atoms with Crippen molar-refractivity contribution in [3.05, 3.63) is 78.4 Å².